The summed E-state index contributed by atoms with van der Waals surface area (Å²) in [7, 11) is 0. The molecule has 2 nitrogen and oxygen atoms in total. The monoisotopic (exact) mass is 273 g/mol. The fourth-order valence-corrected chi connectivity index (χ4v) is 1.33. The van der Waals surface area contributed by atoms with Crippen LogP contribution in [-0.4, -0.2) is 22.4 Å². The van der Waals surface area contributed by atoms with E-state index in [9.17, 15) is 26.3 Å². The van der Waals surface area contributed by atoms with Gasteiger partial charge >= 0.3 is 12.4 Å². The first kappa shape index (κ1) is 14.7. The van der Waals surface area contributed by atoms with E-state index in [1.807, 2.05) is 0 Å². The number of hydrogen-bond donors (Lipinski definition) is 1. The summed E-state index contributed by atoms with van der Waals surface area (Å²) < 4.78 is 75.1. The number of aryl methyl sites for hydroxylation is 2. The molecule has 18 heavy (non-hydrogen) atoms. The van der Waals surface area contributed by atoms with Crippen LogP contribution >= 0.6 is 0 Å². The van der Waals surface area contributed by atoms with Gasteiger partial charge in [-0.1, -0.05) is 0 Å². The first-order chi connectivity index (χ1) is 7.91. The molecule has 1 N–H and O–H groups in total. The second-order valence-corrected chi connectivity index (χ2v) is 3.83. The zero-order valence-corrected chi connectivity index (χ0v) is 9.32. The molecule has 102 valence electrons. The van der Waals surface area contributed by atoms with Crippen molar-refractivity contribution < 1.29 is 31.4 Å². The molecular weight excluding hydrogens is 264 g/mol. The van der Waals surface area contributed by atoms with Crippen LogP contribution < -0.4 is 0 Å². The molecule has 0 fully saturated rings. The smallest absolute Gasteiger partial charge is 0.369 e. The van der Waals surface area contributed by atoms with Gasteiger partial charge in [0.05, 0.1) is 0 Å². The zero-order valence-electron chi connectivity index (χ0n) is 9.32. The van der Waals surface area contributed by atoms with Crippen LogP contribution in [0.3, 0.4) is 0 Å². The third kappa shape index (κ3) is 2.16. The van der Waals surface area contributed by atoms with Crippen LogP contribution in [0.5, 0.6) is 0 Å². The Labute approximate surface area is 98.3 Å². The SMILES string of the molecule is Cc1cc(C(O)(C(F)(F)F)C(F)(F)F)cnc1C. The Kier molecular flexibility index (Phi) is 3.37. The molecule has 1 heterocycles. The fraction of sp³-hybridized carbons (Fsp3) is 0.500. The summed E-state index contributed by atoms with van der Waals surface area (Å²) in [5.41, 5.74) is -5.85. The lowest BCUT2D eigenvalue weighted by molar-refractivity contribution is -0.376. The summed E-state index contributed by atoms with van der Waals surface area (Å²) in [6, 6.07) is 0.628. The molecule has 0 unspecified atom stereocenters. The molecule has 0 aliphatic rings. The van der Waals surface area contributed by atoms with E-state index in [2.05, 4.69) is 4.98 Å². The standard InChI is InChI=1S/C10H9F6NO/c1-5-3-7(4-17-6(5)2)8(18,9(11,12)13)10(14,15)16/h3-4,18H,1-2H3. The number of hydrogen-bond acceptors (Lipinski definition) is 2. The molecule has 0 radical (unpaired) electrons. The van der Waals surface area contributed by atoms with E-state index < -0.39 is 23.5 Å². The van der Waals surface area contributed by atoms with Crippen LogP contribution in [0, 0.1) is 13.8 Å². The summed E-state index contributed by atoms with van der Waals surface area (Å²) in [4.78, 5) is 3.41. The summed E-state index contributed by atoms with van der Waals surface area (Å²) in [5, 5.41) is 9.08. The summed E-state index contributed by atoms with van der Waals surface area (Å²) in [6.45, 7) is 2.73. The minimum atomic E-state index is -5.88. The van der Waals surface area contributed by atoms with Gasteiger partial charge in [0.15, 0.2) is 0 Å². The number of pyridine rings is 1. The molecule has 0 bridgehead atoms. The van der Waals surface area contributed by atoms with Crippen molar-refractivity contribution in [2.45, 2.75) is 31.8 Å². The van der Waals surface area contributed by atoms with Gasteiger partial charge in [-0.2, -0.15) is 26.3 Å². The highest BCUT2D eigenvalue weighted by Gasteiger charge is 2.71. The van der Waals surface area contributed by atoms with Crippen molar-refractivity contribution in [1.29, 1.82) is 0 Å². The molecule has 1 aromatic rings. The van der Waals surface area contributed by atoms with Gasteiger partial charge in [0.2, 0.25) is 0 Å². The van der Waals surface area contributed by atoms with E-state index in [0.29, 0.717) is 12.3 Å². The molecule has 0 amide bonds. The zero-order chi connectivity index (χ0) is 14.4. The first-order valence-electron chi connectivity index (χ1n) is 4.71. The molecule has 0 aliphatic heterocycles. The van der Waals surface area contributed by atoms with Crippen LogP contribution in [0.1, 0.15) is 16.8 Å². The average Bonchev–Trinajstić information content (AvgIpc) is 2.17. The second-order valence-electron chi connectivity index (χ2n) is 3.83. The maximum absolute atomic E-state index is 12.5. The minimum absolute atomic E-state index is 0.124. The van der Waals surface area contributed by atoms with Crippen LogP contribution in [0.25, 0.3) is 0 Å². The highest BCUT2D eigenvalue weighted by atomic mass is 19.4. The Hall–Kier alpha value is -1.31. The van der Waals surface area contributed by atoms with Crippen molar-refractivity contribution in [3.05, 3.63) is 29.1 Å². The number of aliphatic hydroxyl groups is 1. The third-order valence-corrected chi connectivity index (χ3v) is 2.58. The lowest BCUT2D eigenvalue weighted by Crippen LogP contribution is -2.54. The van der Waals surface area contributed by atoms with Gasteiger partial charge in [0.25, 0.3) is 5.60 Å². The van der Waals surface area contributed by atoms with E-state index in [0.717, 1.165) is 0 Å². The molecule has 0 aliphatic carbocycles. The van der Waals surface area contributed by atoms with Crippen LogP contribution in [0.15, 0.2) is 12.3 Å². The van der Waals surface area contributed by atoms with E-state index >= 15 is 0 Å². The summed E-state index contributed by atoms with van der Waals surface area (Å²) in [6.07, 6.45) is -11.4. The van der Waals surface area contributed by atoms with Gasteiger partial charge in [-0.25, -0.2) is 0 Å². The average molecular weight is 273 g/mol. The van der Waals surface area contributed by atoms with Crippen molar-refractivity contribution in [2.24, 2.45) is 0 Å². The van der Waals surface area contributed by atoms with E-state index in [4.69, 9.17) is 5.11 Å². The minimum Gasteiger partial charge on any atom is -0.369 e. The Balaban J connectivity index is 3.51. The Morgan fingerprint density at radius 2 is 1.44 bits per heavy atom. The quantitative estimate of drug-likeness (QED) is 0.798. The predicted molar refractivity (Wildman–Crippen MR) is 49.7 cm³/mol. The normalized spacial score (nSPS) is 13.8. The number of nitrogens with zero attached hydrogens (tertiary/aromatic N) is 1. The Bertz CT molecular complexity index is 437. The molecule has 0 spiro atoms. The van der Waals surface area contributed by atoms with Gasteiger partial charge in [-0.3, -0.25) is 4.98 Å². The fourth-order valence-electron chi connectivity index (χ4n) is 1.33. The van der Waals surface area contributed by atoms with Crippen molar-refractivity contribution in [3.8, 4) is 0 Å². The van der Waals surface area contributed by atoms with E-state index in [1.54, 1.807) is 0 Å². The summed E-state index contributed by atoms with van der Waals surface area (Å²) >= 11 is 0. The highest BCUT2D eigenvalue weighted by molar-refractivity contribution is 5.30. The molecular formula is C10H9F6NO. The third-order valence-electron chi connectivity index (χ3n) is 2.58. The topological polar surface area (TPSA) is 33.1 Å². The molecule has 8 heteroatoms. The Morgan fingerprint density at radius 1 is 1.00 bits per heavy atom. The van der Waals surface area contributed by atoms with Crippen molar-refractivity contribution in [2.75, 3.05) is 0 Å². The molecule has 0 saturated carbocycles. The maximum Gasteiger partial charge on any atom is 0.430 e. The van der Waals surface area contributed by atoms with E-state index in [-0.39, 0.29) is 11.3 Å². The number of halogens is 6. The summed E-state index contributed by atoms with van der Waals surface area (Å²) in [5.74, 6) is 0. The van der Waals surface area contributed by atoms with Gasteiger partial charge in [0.1, 0.15) is 0 Å². The molecule has 0 atom stereocenters. The number of alkyl halides is 6. The van der Waals surface area contributed by atoms with Gasteiger partial charge in [0, 0.05) is 17.5 Å². The van der Waals surface area contributed by atoms with Gasteiger partial charge in [-0.15, -0.1) is 0 Å². The Morgan fingerprint density at radius 3 is 1.78 bits per heavy atom. The molecule has 1 rings (SSSR count). The highest BCUT2D eigenvalue weighted by Crippen LogP contribution is 2.49. The molecule has 1 aromatic heterocycles. The maximum atomic E-state index is 12.5. The van der Waals surface area contributed by atoms with E-state index in [1.165, 1.54) is 13.8 Å². The van der Waals surface area contributed by atoms with Crippen LogP contribution in [0.4, 0.5) is 26.3 Å². The lowest BCUT2D eigenvalue weighted by Gasteiger charge is -2.32. The van der Waals surface area contributed by atoms with Crippen molar-refractivity contribution in [1.82, 2.24) is 4.98 Å². The van der Waals surface area contributed by atoms with Gasteiger partial charge in [-0.05, 0) is 25.5 Å². The predicted octanol–water partition coefficient (Wildman–Crippen LogP) is 3.01. The van der Waals surface area contributed by atoms with Crippen LogP contribution in [-0.2, 0) is 5.60 Å². The number of rotatable bonds is 1. The first-order valence-corrected chi connectivity index (χ1v) is 4.71. The largest absolute Gasteiger partial charge is 0.430 e. The number of aromatic nitrogens is 1. The molecule has 0 saturated heterocycles. The van der Waals surface area contributed by atoms with Crippen LogP contribution in [0.2, 0.25) is 0 Å². The second kappa shape index (κ2) is 4.11. The van der Waals surface area contributed by atoms with Gasteiger partial charge < -0.3 is 5.11 Å². The lowest BCUT2D eigenvalue weighted by atomic mass is 9.92. The molecule has 0 aromatic carbocycles. The van der Waals surface area contributed by atoms with Crippen molar-refractivity contribution in [3.63, 3.8) is 0 Å². The van der Waals surface area contributed by atoms with Crippen molar-refractivity contribution >= 4 is 0 Å².